The Labute approximate surface area is 202 Å². The molecule has 15 nitrogen and oxygen atoms in total. The molecule has 0 fully saturated rings. The van der Waals surface area contributed by atoms with Crippen molar-refractivity contribution in [3.63, 3.8) is 0 Å². The van der Waals surface area contributed by atoms with Crippen molar-refractivity contribution in [2.24, 2.45) is 17.2 Å². The first kappa shape index (κ1) is 34.2. The van der Waals surface area contributed by atoms with Crippen LogP contribution in [0.3, 0.4) is 0 Å². The lowest BCUT2D eigenvalue weighted by Gasteiger charge is -2.22. The smallest absolute Gasteiger partial charge is 0.480 e. The summed E-state index contributed by atoms with van der Waals surface area (Å²) in [7, 11) is 0. The maximum atomic E-state index is 12.4. The zero-order chi connectivity index (χ0) is 28.8. The summed E-state index contributed by atoms with van der Waals surface area (Å²) in [5.74, 6) is -7.82. The third kappa shape index (κ3) is 15.8. The van der Waals surface area contributed by atoms with E-state index in [0.29, 0.717) is 0 Å². The predicted octanol–water partition coefficient (Wildman–Crippen LogP) is -2.94. The third-order valence-electron chi connectivity index (χ3n) is 4.01. The molecular formula is C18H29F3N6O9. The second-order valence-corrected chi connectivity index (χ2v) is 7.29. The van der Waals surface area contributed by atoms with Crippen LogP contribution in [-0.4, -0.2) is 82.0 Å². The number of primary amides is 2. The average molecular weight is 530 g/mol. The van der Waals surface area contributed by atoms with Crippen LogP contribution in [0.25, 0.3) is 0 Å². The standard InChI is InChI=1S/C16H28N6O7.C2HF3O2/c1-7(17)13(25)21-9(3-5-11(18)23)15(27)20-8(2)14(26)22-10(16(28)29)4-6-12(19)24;3-2(4,5)1(6)7/h7-10H,3-6,17H2,1-2H3,(H2,18,23)(H2,19,24)(H,20,27)(H,21,25)(H,22,26)(H,28,29);(H,6,7)/t7-,8-,9-,10-;/m0./s1. The molecule has 0 radical (unpaired) electrons. The molecule has 0 aromatic carbocycles. The Hall–Kier alpha value is -3.96. The zero-order valence-corrected chi connectivity index (χ0v) is 19.3. The minimum atomic E-state index is -5.08. The van der Waals surface area contributed by atoms with E-state index in [1.807, 2.05) is 0 Å². The Morgan fingerprint density at radius 2 is 1.14 bits per heavy atom. The molecule has 11 N–H and O–H groups in total. The van der Waals surface area contributed by atoms with Crippen LogP contribution in [0.2, 0.25) is 0 Å². The van der Waals surface area contributed by atoms with E-state index in [-0.39, 0.29) is 25.7 Å². The topological polar surface area (TPSA) is 274 Å². The second kappa shape index (κ2) is 15.8. The molecule has 0 saturated carbocycles. The summed E-state index contributed by atoms with van der Waals surface area (Å²) in [5.41, 5.74) is 15.5. The van der Waals surface area contributed by atoms with Gasteiger partial charge in [-0.2, -0.15) is 13.2 Å². The van der Waals surface area contributed by atoms with E-state index in [4.69, 9.17) is 32.2 Å². The maximum Gasteiger partial charge on any atom is 0.490 e. The number of alkyl halides is 3. The second-order valence-electron chi connectivity index (χ2n) is 7.29. The number of carboxylic acids is 2. The molecule has 0 heterocycles. The summed E-state index contributed by atoms with van der Waals surface area (Å²) >= 11 is 0. The molecule has 206 valence electrons. The SMILES string of the molecule is C[C@H](N)C(=O)N[C@@H](CCC(N)=O)C(=O)N[C@@H](C)C(=O)N[C@@H](CCC(N)=O)C(=O)O.O=C(O)C(F)(F)F. The Balaban J connectivity index is 0. The maximum absolute atomic E-state index is 12.4. The number of carbonyl (C=O) groups is 7. The van der Waals surface area contributed by atoms with Gasteiger partial charge >= 0.3 is 18.1 Å². The van der Waals surface area contributed by atoms with Crippen molar-refractivity contribution < 1.29 is 56.9 Å². The Bertz CT molecular complexity index is 836. The summed E-state index contributed by atoms with van der Waals surface area (Å²) in [4.78, 5) is 78.2. The van der Waals surface area contributed by atoms with Gasteiger partial charge in [-0.05, 0) is 26.7 Å². The van der Waals surface area contributed by atoms with Gasteiger partial charge in [-0.25, -0.2) is 9.59 Å². The molecule has 0 aliphatic rings. The number of carbonyl (C=O) groups excluding carboxylic acids is 5. The molecule has 0 unspecified atom stereocenters. The molecule has 0 aromatic heterocycles. The van der Waals surface area contributed by atoms with Gasteiger partial charge in [-0.15, -0.1) is 0 Å². The van der Waals surface area contributed by atoms with Crippen LogP contribution in [-0.2, 0) is 33.6 Å². The number of rotatable bonds is 13. The quantitative estimate of drug-likeness (QED) is 0.120. The number of amides is 5. The highest BCUT2D eigenvalue weighted by molar-refractivity contribution is 5.94. The largest absolute Gasteiger partial charge is 0.490 e. The molecule has 0 aliphatic heterocycles. The van der Waals surface area contributed by atoms with E-state index in [9.17, 15) is 41.9 Å². The van der Waals surface area contributed by atoms with Gasteiger partial charge in [0.05, 0.1) is 6.04 Å². The Morgan fingerprint density at radius 3 is 1.47 bits per heavy atom. The van der Waals surface area contributed by atoms with Gasteiger partial charge in [0.25, 0.3) is 0 Å². The third-order valence-corrected chi connectivity index (χ3v) is 4.01. The van der Waals surface area contributed by atoms with Gasteiger partial charge < -0.3 is 43.4 Å². The molecule has 0 aliphatic carbocycles. The van der Waals surface area contributed by atoms with E-state index in [1.54, 1.807) is 0 Å². The minimum absolute atomic E-state index is 0.121. The number of hydrogen-bond acceptors (Lipinski definition) is 8. The molecule has 0 aromatic rings. The molecule has 36 heavy (non-hydrogen) atoms. The van der Waals surface area contributed by atoms with Crippen molar-refractivity contribution in [1.29, 1.82) is 0 Å². The van der Waals surface area contributed by atoms with Crippen LogP contribution >= 0.6 is 0 Å². The van der Waals surface area contributed by atoms with Crippen LogP contribution in [0, 0.1) is 0 Å². The molecule has 5 amide bonds. The number of halogens is 3. The molecule has 0 saturated heterocycles. The van der Waals surface area contributed by atoms with Gasteiger partial charge in [0.1, 0.15) is 18.1 Å². The number of hydrogen-bond donors (Lipinski definition) is 8. The lowest BCUT2D eigenvalue weighted by atomic mass is 10.1. The van der Waals surface area contributed by atoms with Gasteiger partial charge in [-0.3, -0.25) is 24.0 Å². The lowest BCUT2D eigenvalue weighted by molar-refractivity contribution is -0.192. The highest BCUT2D eigenvalue weighted by Gasteiger charge is 2.38. The number of nitrogens with one attached hydrogen (secondary N) is 3. The first-order chi connectivity index (χ1) is 16.3. The van der Waals surface area contributed by atoms with Gasteiger partial charge in [0.2, 0.25) is 29.5 Å². The fourth-order valence-corrected chi connectivity index (χ4v) is 2.08. The van der Waals surface area contributed by atoms with Crippen molar-refractivity contribution in [2.75, 3.05) is 0 Å². The minimum Gasteiger partial charge on any atom is -0.480 e. The monoisotopic (exact) mass is 530 g/mol. The molecule has 18 heteroatoms. The zero-order valence-electron chi connectivity index (χ0n) is 19.3. The average Bonchev–Trinajstić information content (AvgIpc) is 2.72. The van der Waals surface area contributed by atoms with Crippen LogP contribution < -0.4 is 33.2 Å². The van der Waals surface area contributed by atoms with Gasteiger partial charge in [0.15, 0.2) is 0 Å². The lowest BCUT2D eigenvalue weighted by Crippen LogP contribution is -2.56. The first-order valence-electron chi connectivity index (χ1n) is 10.1. The summed E-state index contributed by atoms with van der Waals surface area (Å²) in [6.07, 6.45) is -5.88. The molecule has 0 bridgehead atoms. The fraction of sp³-hybridized carbons (Fsp3) is 0.611. The van der Waals surface area contributed by atoms with Gasteiger partial charge in [0, 0.05) is 12.8 Å². The summed E-state index contributed by atoms with van der Waals surface area (Å²) in [6.45, 7) is 2.69. The summed E-state index contributed by atoms with van der Waals surface area (Å²) in [5, 5.41) is 23.1. The van der Waals surface area contributed by atoms with Crippen LogP contribution in [0.15, 0.2) is 0 Å². The van der Waals surface area contributed by atoms with Crippen LogP contribution in [0.5, 0.6) is 0 Å². The molecule has 0 rings (SSSR count). The van der Waals surface area contributed by atoms with E-state index in [1.165, 1.54) is 13.8 Å². The molecule has 4 atom stereocenters. The van der Waals surface area contributed by atoms with Crippen molar-refractivity contribution in [3.05, 3.63) is 0 Å². The Kier molecular flexibility index (Phi) is 15.1. The molecular weight excluding hydrogens is 501 g/mol. The highest BCUT2D eigenvalue weighted by atomic mass is 19.4. The first-order valence-corrected chi connectivity index (χ1v) is 10.1. The predicted molar refractivity (Wildman–Crippen MR) is 113 cm³/mol. The van der Waals surface area contributed by atoms with E-state index in [0.717, 1.165) is 0 Å². The Morgan fingerprint density at radius 1 is 0.750 bits per heavy atom. The fourth-order valence-electron chi connectivity index (χ4n) is 2.08. The van der Waals surface area contributed by atoms with Crippen molar-refractivity contribution >= 4 is 41.5 Å². The molecule has 0 spiro atoms. The van der Waals surface area contributed by atoms with E-state index >= 15 is 0 Å². The highest BCUT2D eigenvalue weighted by Crippen LogP contribution is 2.13. The van der Waals surface area contributed by atoms with Crippen LogP contribution in [0.4, 0.5) is 13.2 Å². The van der Waals surface area contributed by atoms with Crippen molar-refractivity contribution in [3.8, 4) is 0 Å². The van der Waals surface area contributed by atoms with Crippen molar-refractivity contribution in [2.45, 2.75) is 69.9 Å². The van der Waals surface area contributed by atoms with E-state index < -0.39 is 71.8 Å². The van der Waals surface area contributed by atoms with Crippen molar-refractivity contribution in [1.82, 2.24) is 16.0 Å². The number of nitrogens with two attached hydrogens (primary N) is 3. The normalized spacial score (nSPS) is 13.9. The number of carboxylic acid groups (broad SMARTS) is 2. The van der Waals surface area contributed by atoms with Gasteiger partial charge in [-0.1, -0.05) is 0 Å². The number of aliphatic carboxylic acids is 2. The summed E-state index contributed by atoms with van der Waals surface area (Å²) in [6, 6.07) is -4.65. The van der Waals surface area contributed by atoms with Crippen LogP contribution in [0.1, 0.15) is 39.5 Å². The summed E-state index contributed by atoms with van der Waals surface area (Å²) < 4.78 is 31.7. The van der Waals surface area contributed by atoms with E-state index in [2.05, 4.69) is 16.0 Å².